The lowest BCUT2D eigenvalue weighted by Crippen LogP contribution is -2.22. The van der Waals surface area contributed by atoms with Gasteiger partial charge in [0.1, 0.15) is 0 Å². The average Bonchev–Trinajstić information content (AvgIpc) is 2.66. The van der Waals surface area contributed by atoms with E-state index >= 15 is 0 Å². The second-order valence-corrected chi connectivity index (χ2v) is 6.65. The predicted octanol–water partition coefficient (Wildman–Crippen LogP) is 0.863. The minimum atomic E-state index is 0.0465. The number of aliphatic imine (C=N–C) groups is 1. The van der Waals surface area contributed by atoms with Crippen molar-refractivity contribution in [2.45, 2.75) is 32.9 Å². The summed E-state index contributed by atoms with van der Waals surface area (Å²) in [5, 5.41) is 22.9. The highest BCUT2D eigenvalue weighted by Gasteiger charge is 2.00. The van der Waals surface area contributed by atoms with Crippen LogP contribution in [-0.4, -0.2) is 11.8 Å². The van der Waals surface area contributed by atoms with E-state index in [-0.39, 0.29) is 17.6 Å². The smallest absolute Gasteiger partial charge is 0.186 e. The summed E-state index contributed by atoms with van der Waals surface area (Å²) in [6, 6.07) is 15.5. The second kappa shape index (κ2) is 10.0. The monoisotopic (exact) mass is 379 g/mol. The van der Waals surface area contributed by atoms with Crippen LogP contribution in [0.3, 0.4) is 0 Å². The van der Waals surface area contributed by atoms with E-state index in [2.05, 4.69) is 10.3 Å². The summed E-state index contributed by atoms with van der Waals surface area (Å²) < 4.78 is 0. The molecule has 2 aromatic carbocycles. The Morgan fingerprint density at radius 3 is 1.93 bits per heavy atom. The van der Waals surface area contributed by atoms with Gasteiger partial charge in [-0.1, -0.05) is 48.5 Å². The van der Waals surface area contributed by atoms with Crippen molar-refractivity contribution in [1.82, 2.24) is 5.32 Å². The van der Waals surface area contributed by atoms with Crippen molar-refractivity contribution in [3.8, 4) is 0 Å². The standard InChI is InChI=1S/C21H28N6O/c1-14(26-12-17-8-4-16(5-9-17)11-20(22)23)19(28)10-15-2-6-18(7-3-15)13-27-21(24)25/h2-9,26,28H,10-13H2,1H3,(H3,22,23)(H4,24,25,27)/p-1. The van der Waals surface area contributed by atoms with Crippen LogP contribution in [0.25, 0.3) is 0 Å². The van der Waals surface area contributed by atoms with E-state index in [0.717, 1.165) is 22.3 Å². The van der Waals surface area contributed by atoms with Crippen LogP contribution < -0.4 is 27.6 Å². The van der Waals surface area contributed by atoms with Crippen LogP contribution in [0.2, 0.25) is 0 Å². The topological polar surface area (TPSA) is 149 Å². The van der Waals surface area contributed by atoms with Gasteiger partial charge in [-0.25, -0.2) is 4.99 Å². The van der Waals surface area contributed by atoms with Crippen LogP contribution in [0.4, 0.5) is 0 Å². The molecule has 8 N–H and O–H groups in total. The molecule has 0 aliphatic heterocycles. The van der Waals surface area contributed by atoms with Crippen molar-refractivity contribution in [3.63, 3.8) is 0 Å². The van der Waals surface area contributed by atoms with E-state index in [4.69, 9.17) is 22.6 Å². The van der Waals surface area contributed by atoms with Crippen LogP contribution in [0.5, 0.6) is 0 Å². The average molecular weight is 379 g/mol. The molecular weight excluding hydrogens is 352 g/mol. The summed E-state index contributed by atoms with van der Waals surface area (Å²) in [6.45, 7) is 2.78. The highest BCUT2D eigenvalue weighted by Crippen LogP contribution is 2.11. The van der Waals surface area contributed by atoms with Crippen molar-refractivity contribution < 1.29 is 5.11 Å². The molecule has 0 saturated carbocycles. The van der Waals surface area contributed by atoms with Gasteiger partial charge in [-0.3, -0.25) is 5.41 Å². The zero-order valence-corrected chi connectivity index (χ0v) is 16.0. The Morgan fingerprint density at radius 2 is 1.39 bits per heavy atom. The molecule has 0 bridgehead atoms. The number of nitrogens with one attached hydrogen (secondary N) is 2. The lowest BCUT2D eigenvalue weighted by molar-refractivity contribution is -0.307. The summed E-state index contributed by atoms with van der Waals surface area (Å²) in [5.74, 6) is 0.249. The van der Waals surface area contributed by atoms with Crippen LogP contribution in [-0.2, 0) is 25.9 Å². The highest BCUT2D eigenvalue weighted by molar-refractivity contribution is 5.79. The summed E-state index contributed by atoms with van der Waals surface area (Å²) in [7, 11) is 0. The number of nitrogens with zero attached hydrogens (tertiary/aromatic N) is 1. The number of amidine groups is 1. The van der Waals surface area contributed by atoms with Crippen molar-refractivity contribution in [1.29, 1.82) is 5.41 Å². The number of hydrogen-bond acceptors (Lipinski definition) is 4. The van der Waals surface area contributed by atoms with E-state index < -0.39 is 0 Å². The number of hydrogen-bond donors (Lipinski definition) is 5. The number of benzene rings is 2. The van der Waals surface area contributed by atoms with E-state index in [9.17, 15) is 5.11 Å². The fourth-order valence-electron chi connectivity index (χ4n) is 2.59. The van der Waals surface area contributed by atoms with Gasteiger partial charge in [0.2, 0.25) is 0 Å². The molecule has 2 aromatic rings. The molecule has 7 heteroatoms. The molecule has 0 spiro atoms. The largest absolute Gasteiger partial charge is 0.874 e. The minimum absolute atomic E-state index is 0.0465. The Kier molecular flexibility index (Phi) is 7.45. The molecule has 148 valence electrons. The third-order valence-corrected chi connectivity index (χ3v) is 4.23. The number of rotatable bonds is 9. The zero-order valence-electron chi connectivity index (χ0n) is 16.0. The van der Waals surface area contributed by atoms with Gasteiger partial charge in [0.05, 0.1) is 12.4 Å². The maximum absolute atomic E-state index is 12.4. The molecule has 0 radical (unpaired) electrons. The zero-order chi connectivity index (χ0) is 20.5. The lowest BCUT2D eigenvalue weighted by atomic mass is 10.1. The predicted molar refractivity (Wildman–Crippen MR) is 111 cm³/mol. The quantitative estimate of drug-likeness (QED) is 0.249. The molecule has 7 nitrogen and oxygen atoms in total. The fourth-order valence-corrected chi connectivity index (χ4v) is 2.59. The van der Waals surface area contributed by atoms with Crippen molar-refractivity contribution in [2.24, 2.45) is 22.2 Å². The Balaban J connectivity index is 1.90. The number of nitrogens with two attached hydrogens (primary N) is 3. The van der Waals surface area contributed by atoms with E-state index in [1.54, 1.807) is 6.92 Å². The van der Waals surface area contributed by atoms with Crippen LogP contribution >= 0.6 is 0 Å². The molecule has 0 aliphatic rings. The Hall–Kier alpha value is -3.48. The SMILES string of the molecule is CC(NCc1ccc(CC(=N)N)cc1)=C([O-])Cc1ccc(CN=C(N)N)cc1. The number of guanidine groups is 1. The first kappa shape index (κ1) is 20.8. The molecular formula is C21H27N6O-. The molecule has 0 fully saturated rings. The van der Waals surface area contributed by atoms with Crippen molar-refractivity contribution >= 4 is 11.8 Å². The molecule has 0 heterocycles. The summed E-state index contributed by atoms with van der Waals surface area (Å²) >= 11 is 0. The van der Waals surface area contributed by atoms with Gasteiger partial charge >= 0.3 is 0 Å². The maximum Gasteiger partial charge on any atom is 0.186 e. The lowest BCUT2D eigenvalue weighted by Gasteiger charge is -2.19. The van der Waals surface area contributed by atoms with Gasteiger partial charge in [0, 0.05) is 13.0 Å². The first-order valence-corrected chi connectivity index (χ1v) is 8.98. The summed E-state index contributed by atoms with van der Waals surface area (Å²) in [4.78, 5) is 3.96. The Labute approximate surface area is 165 Å². The van der Waals surface area contributed by atoms with Crippen molar-refractivity contribution in [2.75, 3.05) is 0 Å². The maximum atomic E-state index is 12.4. The van der Waals surface area contributed by atoms with Crippen LogP contribution in [0.1, 0.15) is 29.2 Å². The molecule has 0 aromatic heterocycles. The normalized spacial score (nSPS) is 11.5. The van der Waals surface area contributed by atoms with Gasteiger partial charge in [-0.05, 0) is 41.3 Å². The minimum Gasteiger partial charge on any atom is -0.874 e. The molecule has 0 saturated heterocycles. The molecule has 2 rings (SSSR count). The summed E-state index contributed by atoms with van der Waals surface area (Å²) in [6.07, 6.45) is 0.779. The van der Waals surface area contributed by atoms with E-state index in [1.165, 1.54) is 0 Å². The Morgan fingerprint density at radius 1 is 0.893 bits per heavy atom. The molecule has 0 aliphatic carbocycles. The van der Waals surface area contributed by atoms with Gasteiger partial charge in [0.25, 0.3) is 0 Å². The highest BCUT2D eigenvalue weighted by atomic mass is 16.3. The van der Waals surface area contributed by atoms with Gasteiger partial charge in [-0.15, -0.1) is 5.76 Å². The molecule has 0 atom stereocenters. The second-order valence-electron chi connectivity index (χ2n) is 6.65. The molecule has 28 heavy (non-hydrogen) atoms. The molecule has 0 unspecified atom stereocenters. The first-order valence-electron chi connectivity index (χ1n) is 8.98. The Bertz CT molecular complexity index is 849. The van der Waals surface area contributed by atoms with Gasteiger partial charge in [0.15, 0.2) is 5.96 Å². The van der Waals surface area contributed by atoms with Gasteiger partial charge < -0.3 is 27.6 Å². The number of allylic oxidation sites excluding steroid dienone is 2. The van der Waals surface area contributed by atoms with Gasteiger partial charge in [-0.2, -0.15) is 0 Å². The first-order chi connectivity index (χ1) is 13.3. The molecule has 0 amide bonds. The summed E-state index contributed by atoms with van der Waals surface area (Å²) in [5.41, 5.74) is 20.7. The van der Waals surface area contributed by atoms with E-state index in [1.807, 2.05) is 48.5 Å². The third-order valence-electron chi connectivity index (χ3n) is 4.23. The fraction of sp³-hybridized carbons (Fsp3) is 0.238. The van der Waals surface area contributed by atoms with Crippen LogP contribution in [0.15, 0.2) is 65.0 Å². The third kappa shape index (κ3) is 7.03. The van der Waals surface area contributed by atoms with E-state index in [0.29, 0.717) is 31.6 Å². The van der Waals surface area contributed by atoms with Crippen LogP contribution in [0, 0.1) is 5.41 Å². The van der Waals surface area contributed by atoms with Crippen molar-refractivity contribution in [3.05, 3.63) is 82.2 Å².